The largest absolute Gasteiger partial charge is 0.469 e. The Kier molecular flexibility index (Phi) is 3.40. The average Bonchev–Trinajstić information content (AvgIpc) is 2.83. The molecule has 88 valence electrons. The highest BCUT2D eigenvalue weighted by Gasteiger charge is 2.05. The van der Waals surface area contributed by atoms with Gasteiger partial charge in [0.25, 0.3) is 5.91 Å². The molecule has 0 saturated carbocycles. The summed E-state index contributed by atoms with van der Waals surface area (Å²) in [6.07, 6.45) is 3.74. The van der Waals surface area contributed by atoms with Crippen LogP contribution in [0.5, 0.6) is 0 Å². The topological polar surface area (TPSA) is 81.2 Å². The van der Waals surface area contributed by atoms with Crippen LogP contribution < -0.4 is 11.1 Å². The number of nitrogens with one attached hydrogen (secondary N) is 1. The number of hydrogen-bond acceptors (Lipinski definition) is 4. The minimum atomic E-state index is -0.163. The Morgan fingerprint density at radius 2 is 2.29 bits per heavy atom. The predicted molar refractivity (Wildman–Crippen MR) is 63.4 cm³/mol. The Bertz CT molecular complexity index is 477. The lowest BCUT2D eigenvalue weighted by Crippen LogP contribution is -2.25. The number of aromatic nitrogens is 1. The minimum absolute atomic E-state index is 0.163. The van der Waals surface area contributed by atoms with Crippen molar-refractivity contribution in [3.63, 3.8) is 0 Å². The maximum absolute atomic E-state index is 11.7. The summed E-state index contributed by atoms with van der Waals surface area (Å²) in [6, 6.07) is 6.93. The van der Waals surface area contributed by atoms with Crippen LogP contribution in [-0.2, 0) is 6.42 Å². The summed E-state index contributed by atoms with van der Waals surface area (Å²) in [5.41, 5.74) is 5.93. The van der Waals surface area contributed by atoms with E-state index in [-0.39, 0.29) is 5.91 Å². The molecule has 2 aromatic heterocycles. The molecule has 17 heavy (non-hydrogen) atoms. The Morgan fingerprint density at radius 1 is 1.41 bits per heavy atom. The fourth-order valence-electron chi connectivity index (χ4n) is 1.40. The Hall–Kier alpha value is -2.30. The number of pyridine rings is 1. The monoisotopic (exact) mass is 231 g/mol. The van der Waals surface area contributed by atoms with Gasteiger partial charge in [-0.25, -0.2) is 4.98 Å². The van der Waals surface area contributed by atoms with Crippen LogP contribution in [0.15, 0.2) is 41.1 Å². The molecule has 0 aromatic carbocycles. The van der Waals surface area contributed by atoms with Crippen LogP contribution in [0.3, 0.4) is 0 Å². The molecule has 5 nitrogen and oxygen atoms in total. The number of hydrogen-bond donors (Lipinski definition) is 2. The lowest BCUT2D eigenvalue weighted by atomic mass is 10.2. The van der Waals surface area contributed by atoms with E-state index in [4.69, 9.17) is 10.2 Å². The molecule has 0 unspecified atom stereocenters. The highest BCUT2D eigenvalue weighted by atomic mass is 16.3. The first-order chi connectivity index (χ1) is 8.25. The number of nitrogens with zero attached hydrogens (tertiary/aromatic N) is 1. The number of carbonyl (C=O) groups excluding carboxylic acids is 1. The van der Waals surface area contributed by atoms with E-state index in [0.717, 1.165) is 5.76 Å². The molecule has 2 aromatic rings. The van der Waals surface area contributed by atoms with Crippen LogP contribution in [0.4, 0.5) is 5.82 Å². The smallest absolute Gasteiger partial charge is 0.252 e. The molecule has 0 saturated heterocycles. The molecule has 5 heteroatoms. The second kappa shape index (κ2) is 5.16. The Balaban J connectivity index is 1.83. The van der Waals surface area contributed by atoms with Crippen LogP contribution >= 0.6 is 0 Å². The molecule has 0 spiro atoms. The fraction of sp³-hybridized carbons (Fsp3) is 0.167. The first-order valence-electron chi connectivity index (χ1n) is 5.28. The van der Waals surface area contributed by atoms with Gasteiger partial charge in [0.05, 0.1) is 11.8 Å². The number of rotatable bonds is 4. The predicted octanol–water partition coefficient (Wildman–Crippen LogP) is 1.23. The summed E-state index contributed by atoms with van der Waals surface area (Å²) in [5.74, 6) is 1.09. The van der Waals surface area contributed by atoms with Crippen molar-refractivity contribution in [2.24, 2.45) is 0 Å². The molecule has 0 aliphatic carbocycles. The van der Waals surface area contributed by atoms with Crippen LogP contribution in [-0.4, -0.2) is 17.4 Å². The summed E-state index contributed by atoms with van der Waals surface area (Å²) in [6.45, 7) is 0.525. The van der Waals surface area contributed by atoms with Gasteiger partial charge in [-0.05, 0) is 24.3 Å². The zero-order valence-electron chi connectivity index (χ0n) is 9.22. The fourth-order valence-corrected chi connectivity index (χ4v) is 1.40. The zero-order valence-corrected chi connectivity index (χ0v) is 9.22. The third-order valence-electron chi connectivity index (χ3n) is 2.29. The van der Waals surface area contributed by atoms with Gasteiger partial charge in [0, 0.05) is 19.2 Å². The van der Waals surface area contributed by atoms with Crippen LogP contribution in [0.25, 0.3) is 0 Å². The Labute approximate surface area is 98.6 Å². The van der Waals surface area contributed by atoms with Gasteiger partial charge in [-0.2, -0.15) is 0 Å². The van der Waals surface area contributed by atoms with Crippen molar-refractivity contribution >= 4 is 11.7 Å². The van der Waals surface area contributed by atoms with Crippen molar-refractivity contribution in [3.05, 3.63) is 48.0 Å². The van der Waals surface area contributed by atoms with Gasteiger partial charge in [0.2, 0.25) is 0 Å². The summed E-state index contributed by atoms with van der Waals surface area (Å²) in [4.78, 5) is 15.5. The second-order valence-electron chi connectivity index (χ2n) is 3.56. The molecule has 0 radical (unpaired) electrons. The highest BCUT2D eigenvalue weighted by molar-refractivity contribution is 5.93. The van der Waals surface area contributed by atoms with Gasteiger partial charge in [0.15, 0.2) is 0 Å². The minimum Gasteiger partial charge on any atom is -0.469 e. The lowest BCUT2D eigenvalue weighted by molar-refractivity contribution is 0.0953. The van der Waals surface area contributed by atoms with E-state index in [0.29, 0.717) is 24.3 Å². The SMILES string of the molecule is Nc1ccc(C(=O)NCCc2ccco2)cn1. The first kappa shape index (κ1) is 11.2. The molecule has 3 N–H and O–H groups in total. The van der Waals surface area contributed by atoms with Gasteiger partial charge >= 0.3 is 0 Å². The van der Waals surface area contributed by atoms with E-state index in [2.05, 4.69) is 10.3 Å². The highest BCUT2D eigenvalue weighted by Crippen LogP contribution is 2.02. The molecule has 0 atom stereocenters. The molecule has 2 rings (SSSR count). The van der Waals surface area contributed by atoms with E-state index < -0.39 is 0 Å². The lowest BCUT2D eigenvalue weighted by Gasteiger charge is -2.03. The van der Waals surface area contributed by atoms with Crippen LogP contribution in [0, 0.1) is 0 Å². The van der Waals surface area contributed by atoms with Crippen molar-refractivity contribution < 1.29 is 9.21 Å². The number of anilines is 1. The summed E-state index contributed by atoms with van der Waals surface area (Å²) in [5, 5.41) is 2.78. The molecule has 0 aliphatic rings. The van der Waals surface area contributed by atoms with Crippen molar-refractivity contribution in [1.82, 2.24) is 10.3 Å². The molecule has 2 heterocycles. The number of nitrogen functional groups attached to an aromatic ring is 1. The first-order valence-corrected chi connectivity index (χ1v) is 5.28. The van der Waals surface area contributed by atoms with E-state index in [1.165, 1.54) is 6.20 Å². The summed E-state index contributed by atoms with van der Waals surface area (Å²) >= 11 is 0. The van der Waals surface area contributed by atoms with E-state index in [1.54, 1.807) is 18.4 Å². The normalized spacial score (nSPS) is 10.1. The van der Waals surface area contributed by atoms with Crippen LogP contribution in [0.2, 0.25) is 0 Å². The molecule has 0 aliphatic heterocycles. The number of furan rings is 1. The molecule has 1 amide bonds. The third kappa shape index (κ3) is 3.07. The standard InChI is InChI=1S/C12H13N3O2/c13-11-4-3-9(8-15-11)12(16)14-6-5-10-2-1-7-17-10/h1-4,7-8H,5-6H2,(H2,13,15)(H,14,16). The van der Waals surface area contributed by atoms with Gasteiger partial charge in [0.1, 0.15) is 11.6 Å². The van der Waals surface area contributed by atoms with Gasteiger partial charge < -0.3 is 15.5 Å². The van der Waals surface area contributed by atoms with E-state index in [1.807, 2.05) is 12.1 Å². The average molecular weight is 231 g/mol. The Morgan fingerprint density at radius 3 is 2.94 bits per heavy atom. The second-order valence-corrected chi connectivity index (χ2v) is 3.56. The van der Waals surface area contributed by atoms with Crippen molar-refractivity contribution in [3.8, 4) is 0 Å². The molecule has 0 bridgehead atoms. The maximum Gasteiger partial charge on any atom is 0.252 e. The number of amides is 1. The number of nitrogens with two attached hydrogens (primary N) is 1. The molecular formula is C12H13N3O2. The third-order valence-corrected chi connectivity index (χ3v) is 2.29. The van der Waals surface area contributed by atoms with Crippen molar-refractivity contribution in [1.29, 1.82) is 0 Å². The van der Waals surface area contributed by atoms with E-state index in [9.17, 15) is 4.79 Å². The molecular weight excluding hydrogens is 218 g/mol. The zero-order chi connectivity index (χ0) is 12.1. The van der Waals surface area contributed by atoms with E-state index >= 15 is 0 Å². The molecule has 0 fully saturated rings. The van der Waals surface area contributed by atoms with Gasteiger partial charge in [-0.15, -0.1) is 0 Å². The van der Waals surface area contributed by atoms with Gasteiger partial charge in [-0.1, -0.05) is 0 Å². The summed E-state index contributed by atoms with van der Waals surface area (Å²) in [7, 11) is 0. The van der Waals surface area contributed by atoms with Crippen molar-refractivity contribution in [2.75, 3.05) is 12.3 Å². The number of carbonyl (C=O) groups is 1. The van der Waals surface area contributed by atoms with Gasteiger partial charge in [-0.3, -0.25) is 4.79 Å². The quantitative estimate of drug-likeness (QED) is 0.829. The maximum atomic E-state index is 11.7. The van der Waals surface area contributed by atoms with Crippen LogP contribution in [0.1, 0.15) is 16.1 Å². The summed E-state index contributed by atoms with van der Waals surface area (Å²) < 4.78 is 5.16. The van der Waals surface area contributed by atoms with Crippen molar-refractivity contribution in [2.45, 2.75) is 6.42 Å².